The molecule has 9 aromatic carbocycles. The highest BCUT2D eigenvalue weighted by Crippen LogP contribution is 2.49. The largest absolute Gasteiger partial charge is 0.449 e. The Morgan fingerprint density at radius 2 is 0.638 bits per heavy atom. The van der Waals surface area contributed by atoms with Gasteiger partial charge in [0.1, 0.15) is 0 Å². The summed E-state index contributed by atoms with van der Waals surface area (Å²) in [6.07, 6.45) is 0. The van der Waals surface area contributed by atoms with Crippen LogP contribution in [0.15, 0.2) is 212 Å². The lowest BCUT2D eigenvalue weighted by Gasteiger charge is -2.26. The van der Waals surface area contributed by atoms with Gasteiger partial charge < -0.3 is 14.4 Å². The molecule has 0 unspecified atom stereocenters. The molecule has 0 saturated carbocycles. The van der Waals surface area contributed by atoms with Crippen molar-refractivity contribution in [1.82, 2.24) is 0 Å². The smallest absolute Gasteiger partial charge is 0.171 e. The van der Waals surface area contributed by atoms with Gasteiger partial charge in [0, 0.05) is 43.3 Å². The van der Waals surface area contributed by atoms with E-state index in [-0.39, 0.29) is 0 Å². The molecule has 1 aliphatic heterocycles. The van der Waals surface area contributed by atoms with E-state index in [1.165, 1.54) is 64.7 Å². The maximum absolute atomic E-state index is 6.26. The number of benzene rings is 9. The summed E-state index contributed by atoms with van der Waals surface area (Å²) in [7, 11) is 0. The molecule has 1 aliphatic rings. The highest BCUT2D eigenvalue weighted by molar-refractivity contribution is 7.25. The van der Waals surface area contributed by atoms with Gasteiger partial charge in [0.15, 0.2) is 23.0 Å². The van der Waals surface area contributed by atoms with Gasteiger partial charge in [0.2, 0.25) is 0 Å². The minimum atomic E-state index is 0.740. The number of nitrogens with zero attached hydrogens (tertiary/aromatic N) is 1. The van der Waals surface area contributed by atoms with Crippen LogP contribution in [0.3, 0.4) is 0 Å². The average Bonchev–Trinajstić information content (AvgIpc) is 3.65. The SMILES string of the molecule is c1ccc(-c2ccc(N(c3ccc(-c4ccccc4)cc3)c3ccc(-c4ccc(-c5ccc6sc7cc8c(cc7c6c5)Oc5ccccc5O8)cc4)cc3)cc2)cc1. The Labute approximate surface area is 341 Å². The van der Waals surface area contributed by atoms with E-state index in [4.69, 9.17) is 9.47 Å². The van der Waals surface area contributed by atoms with Crippen LogP contribution in [0.2, 0.25) is 0 Å². The predicted octanol–water partition coefficient (Wildman–Crippen LogP) is 16.1. The molecule has 0 amide bonds. The van der Waals surface area contributed by atoms with E-state index < -0.39 is 0 Å². The summed E-state index contributed by atoms with van der Waals surface area (Å²) in [5.74, 6) is 2.99. The van der Waals surface area contributed by atoms with E-state index in [0.717, 1.165) is 40.1 Å². The van der Waals surface area contributed by atoms with Crippen LogP contribution in [-0.4, -0.2) is 0 Å². The van der Waals surface area contributed by atoms with Crippen molar-refractivity contribution in [2.24, 2.45) is 0 Å². The zero-order chi connectivity index (χ0) is 38.4. The molecule has 0 fully saturated rings. The van der Waals surface area contributed by atoms with E-state index in [9.17, 15) is 0 Å². The minimum Gasteiger partial charge on any atom is -0.449 e. The van der Waals surface area contributed by atoms with Gasteiger partial charge in [0.25, 0.3) is 0 Å². The third-order valence-corrected chi connectivity index (χ3v) is 12.1. The number of thiophene rings is 1. The van der Waals surface area contributed by atoms with Gasteiger partial charge >= 0.3 is 0 Å². The lowest BCUT2D eigenvalue weighted by Crippen LogP contribution is -2.09. The quantitative estimate of drug-likeness (QED) is 0.161. The number of hydrogen-bond acceptors (Lipinski definition) is 4. The summed E-state index contributed by atoms with van der Waals surface area (Å²) in [4.78, 5) is 2.33. The van der Waals surface area contributed by atoms with Crippen LogP contribution >= 0.6 is 11.3 Å². The molecule has 0 radical (unpaired) electrons. The monoisotopic (exact) mass is 761 g/mol. The molecule has 0 N–H and O–H groups in total. The lowest BCUT2D eigenvalue weighted by molar-refractivity contribution is 0.360. The molecule has 10 aromatic rings. The van der Waals surface area contributed by atoms with E-state index >= 15 is 0 Å². The van der Waals surface area contributed by atoms with Crippen molar-refractivity contribution in [2.45, 2.75) is 0 Å². The summed E-state index contributed by atoms with van der Waals surface area (Å²) < 4.78 is 14.9. The van der Waals surface area contributed by atoms with Gasteiger partial charge in [0.05, 0.1) is 0 Å². The van der Waals surface area contributed by atoms with E-state index in [1.807, 2.05) is 24.3 Å². The molecule has 4 heteroatoms. The Morgan fingerprint density at radius 3 is 1.12 bits per heavy atom. The van der Waals surface area contributed by atoms with Crippen LogP contribution in [0.1, 0.15) is 0 Å². The average molecular weight is 762 g/mol. The predicted molar refractivity (Wildman–Crippen MR) is 242 cm³/mol. The van der Waals surface area contributed by atoms with Crippen LogP contribution in [0.4, 0.5) is 17.1 Å². The molecule has 0 atom stereocenters. The number of para-hydroxylation sites is 2. The van der Waals surface area contributed by atoms with Crippen molar-refractivity contribution in [3.05, 3.63) is 212 Å². The fraction of sp³-hybridized carbons (Fsp3) is 0. The Morgan fingerprint density at radius 1 is 0.276 bits per heavy atom. The normalized spacial score (nSPS) is 11.7. The second-order valence-corrected chi connectivity index (χ2v) is 15.6. The summed E-state index contributed by atoms with van der Waals surface area (Å²) in [5.41, 5.74) is 12.8. The highest BCUT2D eigenvalue weighted by Gasteiger charge is 2.21. The minimum absolute atomic E-state index is 0.740. The molecule has 0 bridgehead atoms. The Hall–Kier alpha value is -7.40. The molecular weight excluding hydrogens is 727 g/mol. The molecule has 2 heterocycles. The van der Waals surface area contributed by atoms with Gasteiger partial charge in [-0.25, -0.2) is 0 Å². The second-order valence-electron chi connectivity index (χ2n) is 14.5. The number of anilines is 3. The number of rotatable bonds is 7. The van der Waals surface area contributed by atoms with Crippen molar-refractivity contribution in [2.75, 3.05) is 4.90 Å². The zero-order valence-corrected chi connectivity index (χ0v) is 32.2. The van der Waals surface area contributed by atoms with Crippen molar-refractivity contribution >= 4 is 48.6 Å². The van der Waals surface area contributed by atoms with Crippen LogP contribution in [-0.2, 0) is 0 Å². The van der Waals surface area contributed by atoms with Crippen LogP contribution in [0, 0.1) is 0 Å². The lowest BCUT2D eigenvalue weighted by atomic mass is 9.98. The van der Waals surface area contributed by atoms with Crippen molar-refractivity contribution in [3.63, 3.8) is 0 Å². The third kappa shape index (κ3) is 6.26. The summed E-state index contributed by atoms with van der Waals surface area (Å²) in [6, 6.07) is 75.3. The molecular formula is C54H35NO2S. The molecule has 0 saturated heterocycles. The van der Waals surface area contributed by atoms with Crippen LogP contribution in [0.5, 0.6) is 23.0 Å². The molecule has 0 aliphatic carbocycles. The van der Waals surface area contributed by atoms with Gasteiger partial charge in [-0.1, -0.05) is 140 Å². The summed E-state index contributed by atoms with van der Waals surface area (Å²) in [5, 5.41) is 2.39. The van der Waals surface area contributed by atoms with Gasteiger partial charge in [-0.05, 0) is 111 Å². The zero-order valence-electron chi connectivity index (χ0n) is 31.4. The first kappa shape index (κ1) is 33.9. The van der Waals surface area contributed by atoms with E-state index in [2.05, 4.69) is 193 Å². The second kappa shape index (κ2) is 14.3. The standard InChI is InChI=1S/C54H35NO2S/c1-3-9-36(10-4-1)39-19-26-44(27-20-39)55(45-28-21-40(22-29-45)37-11-5-2-6-12-37)46-30-23-41(24-31-46)38-15-17-42(18-16-38)43-25-32-53-47(33-43)48-34-51-52(35-54(48)58-53)57-50-14-8-7-13-49(50)56-51/h1-35H. The number of fused-ring (bicyclic) bond motifs is 5. The van der Waals surface area contributed by atoms with Crippen molar-refractivity contribution in [1.29, 1.82) is 0 Å². The Balaban J connectivity index is 0.882. The molecule has 274 valence electrons. The topological polar surface area (TPSA) is 21.7 Å². The molecule has 1 aromatic heterocycles. The molecule has 0 spiro atoms. The first-order valence-corrected chi connectivity index (χ1v) is 20.3. The number of ether oxygens (including phenoxy) is 2. The maximum Gasteiger partial charge on any atom is 0.171 e. The Kier molecular flexibility index (Phi) is 8.34. The van der Waals surface area contributed by atoms with Crippen LogP contribution < -0.4 is 14.4 Å². The van der Waals surface area contributed by atoms with Crippen LogP contribution in [0.25, 0.3) is 64.7 Å². The fourth-order valence-corrected chi connectivity index (χ4v) is 9.05. The first-order chi connectivity index (χ1) is 28.7. The first-order valence-electron chi connectivity index (χ1n) is 19.5. The summed E-state index contributed by atoms with van der Waals surface area (Å²) >= 11 is 1.78. The third-order valence-electron chi connectivity index (χ3n) is 11.0. The van der Waals surface area contributed by atoms with Gasteiger partial charge in [-0.15, -0.1) is 11.3 Å². The number of hydrogen-bond donors (Lipinski definition) is 0. The molecule has 11 rings (SSSR count). The fourth-order valence-electron chi connectivity index (χ4n) is 7.95. The van der Waals surface area contributed by atoms with E-state index in [1.54, 1.807) is 11.3 Å². The molecule has 3 nitrogen and oxygen atoms in total. The maximum atomic E-state index is 6.26. The van der Waals surface area contributed by atoms with Gasteiger partial charge in [-0.3, -0.25) is 0 Å². The Bertz CT molecular complexity index is 2980. The van der Waals surface area contributed by atoms with Crippen molar-refractivity contribution < 1.29 is 9.47 Å². The highest BCUT2D eigenvalue weighted by atomic mass is 32.1. The summed E-state index contributed by atoms with van der Waals surface area (Å²) in [6.45, 7) is 0. The van der Waals surface area contributed by atoms with E-state index in [0.29, 0.717) is 0 Å². The van der Waals surface area contributed by atoms with Gasteiger partial charge in [-0.2, -0.15) is 0 Å². The molecule has 58 heavy (non-hydrogen) atoms. The van der Waals surface area contributed by atoms with Crippen molar-refractivity contribution in [3.8, 4) is 67.5 Å².